The molecule has 2 aromatic rings. The molecular formula is C25H32O5. The minimum atomic E-state index is -0.470. The van der Waals surface area contributed by atoms with Crippen LogP contribution < -0.4 is 10.4 Å². The Morgan fingerprint density at radius 3 is 2.77 bits per heavy atom. The minimum Gasteiger partial charge on any atom is -0.493 e. The first-order valence-electron chi connectivity index (χ1n) is 10.9. The van der Waals surface area contributed by atoms with Gasteiger partial charge in [-0.15, -0.1) is 0 Å². The van der Waals surface area contributed by atoms with E-state index in [1.165, 1.54) is 11.6 Å². The molecule has 162 valence electrons. The number of aliphatic hydroxyl groups excluding tert-OH is 2. The molecule has 2 saturated carbocycles. The van der Waals surface area contributed by atoms with Gasteiger partial charge in [0, 0.05) is 22.9 Å². The van der Waals surface area contributed by atoms with Gasteiger partial charge in [0.2, 0.25) is 0 Å². The number of aliphatic hydroxyl groups is 2. The third-order valence-electron chi connectivity index (χ3n) is 7.96. The van der Waals surface area contributed by atoms with E-state index in [9.17, 15) is 15.0 Å². The molecule has 5 atom stereocenters. The summed E-state index contributed by atoms with van der Waals surface area (Å²) in [6.07, 6.45) is 3.90. The molecule has 0 amide bonds. The van der Waals surface area contributed by atoms with Gasteiger partial charge in [-0.1, -0.05) is 26.0 Å². The van der Waals surface area contributed by atoms with E-state index in [0.717, 1.165) is 31.1 Å². The summed E-state index contributed by atoms with van der Waals surface area (Å²) in [6, 6.07) is 8.70. The first-order chi connectivity index (χ1) is 14.3. The monoisotopic (exact) mass is 412 g/mol. The molecule has 4 rings (SSSR count). The van der Waals surface area contributed by atoms with Crippen molar-refractivity contribution in [3.63, 3.8) is 0 Å². The SMILES string of the molecule is C=C1CCC2[C@](C)(CO)[C@H](O)CC[C@@]2(C)[C@@H]1CCOc1ccc2ccc(=O)oc2c1. The van der Waals surface area contributed by atoms with Crippen molar-refractivity contribution in [3.8, 4) is 5.75 Å². The standard InChI is InChI=1S/C25H32O5/c1-16-4-8-21-24(2,12-10-22(27)25(21,3)15-26)19(16)11-13-29-18-7-5-17-6-9-23(28)30-20(17)14-18/h5-7,9,14,19,21-22,26-27H,1,4,8,10-13,15H2,2-3H3/t19-,21?,22-,24+,25+/m1/s1. The highest BCUT2D eigenvalue weighted by Gasteiger charge is 2.57. The summed E-state index contributed by atoms with van der Waals surface area (Å²) in [5.74, 6) is 1.22. The molecule has 0 spiro atoms. The van der Waals surface area contributed by atoms with E-state index >= 15 is 0 Å². The molecule has 2 fully saturated rings. The van der Waals surface area contributed by atoms with E-state index in [1.807, 2.05) is 19.1 Å². The van der Waals surface area contributed by atoms with Crippen LogP contribution in [0.4, 0.5) is 0 Å². The van der Waals surface area contributed by atoms with Crippen LogP contribution in [0.3, 0.4) is 0 Å². The van der Waals surface area contributed by atoms with Crippen molar-refractivity contribution in [2.24, 2.45) is 22.7 Å². The molecular weight excluding hydrogens is 380 g/mol. The third-order valence-corrected chi connectivity index (χ3v) is 7.96. The third kappa shape index (κ3) is 3.48. The van der Waals surface area contributed by atoms with Crippen molar-refractivity contribution in [2.45, 2.75) is 52.1 Å². The number of benzene rings is 1. The van der Waals surface area contributed by atoms with Crippen LogP contribution in [-0.2, 0) is 0 Å². The number of fused-ring (bicyclic) bond motifs is 2. The summed E-state index contributed by atoms with van der Waals surface area (Å²) in [5, 5.41) is 21.6. The second-order valence-electron chi connectivity index (χ2n) is 9.62. The lowest BCUT2D eigenvalue weighted by Crippen LogP contribution is -2.57. The first-order valence-corrected chi connectivity index (χ1v) is 10.9. The summed E-state index contributed by atoms with van der Waals surface area (Å²) in [4.78, 5) is 11.5. The van der Waals surface area contributed by atoms with Crippen molar-refractivity contribution in [2.75, 3.05) is 13.2 Å². The van der Waals surface area contributed by atoms with Crippen molar-refractivity contribution in [1.29, 1.82) is 0 Å². The lowest BCUT2D eigenvalue weighted by atomic mass is 9.46. The van der Waals surface area contributed by atoms with Crippen LogP contribution in [0.5, 0.6) is 5.75 Å². The summed E-state index contributed by atoms with van der Waals surface area (Å²) >= 11 is 0. The normalized spacial score (nSPS) is 34.0. The van der Waals surface area contributed by atoms with Gasteiger partial charge in [0.25, 0.3) is 0 Å². The summed E-state index contributed by atoms with van der Waals surface area (Å²) < 4.78 is 11.3. The van der Waals surface area contributed by atoms with Crippen molar-refractivity contribution < 1.29 is 19.4 Å². The Labute approximate surface area is 177 Å². The average molecular weight is 413 g/mol. The van der Waals surface area contributed by atoms with Crippen LogP contribution in [0.25, 0.3) is 11.0 Å². The zero-order chi connectivity index (χ0) is 21.5. The van der Waals surface area contributed by atoms with E-state index in [-0.39, 0.29) is 29.5 Å². The van der Waals surface area contributed by atoms with E-state index in [2.05, 4.69) is 13.5 Å². The Balaban J connectivity index is 1.49. The lowest BCUT2D eigenvalue weighted by Gasteiger charge is -2.60. The molecule has 1 unspecified atom stereocenters. The summed E-state index contributed by atoms with van der Waals surface area (Å²) in [6.45, 7) is 9.25. The van der Waals surface area contributed by atoms with E-state index in [0.29, 0.717) is 24.4 Å². The maximum Gasteiger partial charge on any atom is 0.336 e. The predicted molar refractivity (Wildman–Crippen MR) is 116 cm³/mol. The maximum atomic E-state index is 11.5. The fourth-order valence-corrected chi connectivity index (χ4v) is 6.16. The minimum absolute atomic E-state index is 0.00636. The average Bonchev–Trinajstić information content (AvgIpc) is 2.73. The van der Waals surface area contributed by atoms with Crippen molar-refractivity contribution in [1.82, 2.24) is 0 Å². The van der Waals surface area contributed by atoms with Crippen LogP contribution in [0.15, 0.2) is 51.7 Å². The number of ether oxygens (including phenoxy) is 1. The number of hydrogen-bond acceptors (Lipinski definition) is 5. The van der Waals surface area contributed by atoms with Gasteiger partial charge < -0.3 is 19.4 Å². The van der Waals surface area contributed by atoms with E-state index < -0.39 is 11.5 Å². The topological polar surface area (TPSA) is 79.9 Å². The fourth-order valence-electron chi connectivity index (χ4n) is 6.16. The van der Waals surface area contributed by atoms with E-state index in [4.69, 9.17) is 9.15 Å². The molecule has 5 nitrogen and oxygen atoms in total. The highest BCUT2D eigenvalue weighted by molar-refractivity contribution is 5.77. The second-order valence-corrected chi connectivity index (χ2v) is 9.62. The highest BCUT2D eigenvalue weighted by atomic mass is 16.5. The zero-order valence-electron chi connectivity index (χ0n) is 17.9. The van der Waals surface area contributed by atoms with Gasteiger partial charge in [-0.3, -0.25) is 0 Å². The molecule has 1 aromatic heterocycles. The Morgan fingerprint density at radius 1 is 1.23 bits per heavy atom. The molecule has 2 aliphatic rings. The molecule has 0 bridgehead atoms. The lowest BCUT2D eigenvalue weighted by molar-refractivity contribution is -0.152. The summed E-state index contributed by atoms with van der Waals surface area (Å²) in [5.41, 5.74) is 0.921. The largest absolute Gasteiger partial charge is 0.493 e. The van der Waals surface area contributed by atoms with Crippen molar-refractivity contribution in [3.05, 3.63) is 52.9 Å². The Hall–Kier alpha value is -2.11. The predicted octanol–water partition coefficient (Wildman–Crippen LogP) is 4.30. The van der Waals surface area contributed by atoms with Gasteiger partial charge in [-0.05, 0) is 67.6 Å². The maximum absolute atomic E-state index is 11.5. The molecule has 30 heavy (non-hydrogen) atoms. The van der Waals surface area contributed by atoms with Gasteiger partial charge in [0.05, 0.1) is 19.3 Å². The number of allylic oxidation sites excluding steroid dienone is 1. The summed E-state index contributed by atoms with van der Waals surface area (Å²) in [7, 11) is 0. The molecule has 0 radical (unpaired) electrons. The van der Waals surface area contributed by atoms with Crippen LogP contribution in [0, 0.1) is 22.7 Å². The van der Waals surface area contributed by atoms with Crippen LogP contribution >= 0.6 is 0 Å². The first kappa shape index (κ1) is 21.1. The van der Waals surface area contributed by atoms with Gasteiger partial charge in [-0.25, -0.2) is 4.79 Å². The molecule has 0 saturated heterocycles. The quantitative estimate of drug-likeness (QED) is 0.565. The molecule has 2 N–H and O–H groups in total. The van der Waals surface area contributed by atoms with Gasteiger partial charge >= 0.3 is 5.63 Å². The smallest absolute Gasteiger partial charge is 0.336 e. The molecule has 1 aromatic carbocycles. The van der Waals surface area contributed by atoms with Gasteiger partial charge in [-0.2, -0.15) is 0 Å². The molecule has 5 heteroatoms. The van der Waals surface area contributed by atoms with Gasteiger partial charge in [0.15, 0.2) is 0 Å². The van der Waals surface area contributed by atoms with Crippen LogP contribution in [0.2, 0.25) is 0 Å². The molecule has 1 heterocycles. The second kappa shape index (κ2) is 7.86. The Bertz CT molecular complexity index is 994. The zero-order valence-corrected chi connectivity index (χ0v) is 17.9. The highest BCUT2D eigenvalue weighted by Crippen LogP contribution is 2.61. The number of hydrogen-bond donors (Lipinski definition) is 2. The van der Waals surface area contributed by atoms with Crippen LogP contribution in [-0.4, -0.2) is 29.5 Å². The number of rotatable bonds is 5. The van der Waals surface area contributed by atoms with Gasteiger partial charge in [0.1, 0.15) is 11.3 Å². The molecule has 0 aliphatic heterocycles. The van der Waals surface area contributed by atoms with Crippen molar-refractivity contribution >= 4 is 11.0 Å². The Kier molecular flexibility index (Phi) is 5.54. The Morgan fingerprint density at radius 2 is 2.00 bits per heavy atom. The van der Waals surface area contributed by atoms with Crippen LogP contribution in [0.1, 0.15) is 46.0 Å². The molecule has 2 aliphatic carbocycles. The fraction of sp³-hybridized carbons (Fsp3) is 0.560. The van der Waals surface area contributed by atoms with E-state index in [1.54, 1.807) is 12.1 Å².